The van der Waals surface area contributed by atoms with Gasteiger partial charge in [-0.05, 0) is 17.0 Å². The first-order chi connectivity index (χ1) is 10.1. The van der Waals surface area contributed by atoms with Crippen molar-refractivity contribution in [2.75, 3.05) is 7.05 Å². The zero-order valence-electron chi connectivity index (χ0n) is 11.4. The summed E-state index contributed by atoms with van der Waals surface area (Å²) in [6.45, 7) is 0.112. The molecule has 5 nitrogen and oxygen atoms in total. The Labute approximate surface area is 126 Å². The summed E-state index contributed by atoms with van der Waals surface area (Å²) in [5, 5.41) is 11.1. The Morgan fingerprint density at radius 2 is 1.95 bits per heavy atom. The molecule has 6 heteroatoms. The van der Waals surface area contributed by atoms with Crippen molar-refractivity contribution in [2.24, 2.45) is 0 Å². The molecule has 1 aromatic carbocycles. The second-order valence-corrected chi connectivity index (χ2v) is 5.39. The molecular weight excluding hydrogens is 290 g/mol. The van der Waals surface area contributed by atoms with Crippen molar-refractivity contribution in [3.05, 3.63) is 58.3 Å². The molecule has 0 fully saturated rings. The zero-order valence-corrected chi connectivity index (χ0v) is 12.2. The van der Waals surface area contributed by atoms with Crippen LogP contribution in [0.2, 0.25) is 0 Å². The van der Waals surface area contributed by atoms with Crippen LogP contribution >= 0.6 is 11.3 Å². The fraction of sp³-hybridized carbons (Fsp3) is 0.200. The number of nitrogens with zero attached hydrogens (tertiary/aromatic N) is 1. The van der Waals surface area contributed by atoms with E-state index in [2.05, 4.69) is 0 Å². The average Bonchev–Trinajstić information content (AvgIpc) is 2.99. The number of ether oxygens (including phenoxy) is 1. The Balaban J connectivity index is 2.02. The van der Waals surface area contributed by atoms with Gasteiger partial charge in [0, 0.05) is 11.9 Å². The molecule has 1 atom stereocenters. The molecule has 110 valence electrons. The van der Waals surface area contributed by atoms with Gasteiger partial charge in [0.25, 0.3) is 0 Å². The number of amides is 1. The Kier molecular flexibility index (Phi) is 4.94. The summed E-state index contributed by atoms with van der Waals surface area (Å²) in [6.07, 6.45) is -0.667. The highest BCUT2D eigenvalue weighted by Crippen LogP contribution is 2.25. The predicted molar refractivity (Wildman–Crippen MR) is 79.1 cm³/mol. The Morgan fingerprint density at radius 3 is 2.52 bits per heavy atom. The van der Waals surface area contributed by atoms with E-state index in [1.807, 2.05) is 30.3 Å². The summed E-state index contributed by atoms with van der Waals surface area (Å²) in [4.78, 5) is 25.1. The number of hydrogen-bond acceptors (Lipinski definition) is 4. The summed E-state index contributed by atoms with van der Waals surface area (Å²) in [5.41, 5.74) is 0.849. The van der Waals surface area contributed by atoms with Crippen LogP contribution in [-0.4, -0.2) is 29.1 Å². The van der Waals surface area contributed by atoms with Crippen molar-refractivity contribution in [3.63, 3.8) is 0 Å². The molecule has 2 rings (SSSR count). The predicted octanol–water partition coefficient (Wildman–Crippen LogP) is 3.14. The number of likely N-dealkylation sites (N-methyl/N-ethyl adjacent to an activating group) is 1. The molecule has 0 bridgehead atoms. The molecule has 1 aromatic heterocycles. The first kappa shape index (κ1) is 15.1. The van der Waals surface area contributed by atoms with E-state index in [1.165, 1.54) is 18.4 Å². The second kappa shape index (κ2) is 6.90. The number of aliphatic carboxylic acids is 1. The van der Waals surface area contributed by atoms with E-state index < -0.39 is 18.1 Å². The highest BCUT2D eigenvalue weighted by Gasteiger charge is 2.30. The topological polar surface area (TPSA) is 66.8 Å². The van der Waals surface area contributed by atoms with Gasteiger partial charge < -0.3 is 9.84 Å². The molecule has 0 aliphatic heterocycles. The number of carboxylic acid groups (broad SMARTS) is 1. The first-order valence-corrected chi connectivity index (χ1v) is 7.17. The summed E-state index contributed by atoms with van der Waals surface area (Å²) < 4.78 is 5.15. The maximum atomic E-state index is 12.0. The molecule has 0 saturated heterocycles. The molecule has 1 N–H and O–H groups in total. The van der Waals surface area contributed by atoms with Crippen molar-refractivity contribution in [1.82, 2.24) is 4.90 Å². The Hall–Kier alpha value is -2.34. The molecule has 1 amide bonds. The largest absolute Gasteiger partial charge is 0.479 e. The first-order valence-electron chi connectivity index (χ1n) is 6.29. The highest BCUT2D eigenvalue weighted by molar-refractivity contribution is 7.10. The lowest BCUT2D eigenvalue weighted by Crippen LogP contribution is -2.35. The van der Waals surface area contributed by atoms with Crippen molar-refractivity contribution >= 4 is 23.4 Å². The van der Waals surface area contributed by atoms with Gasteiger partial charge in [-0.25, -0.2) is 9.59 Å². The highest BCUT2D eigenvalue weighted by atomic mass is 32.1. The maximum absolute atomic E-state index is 12.0. The quantitative estimate of drug-likeness (QED) is 0.921. The molecule has 0 aliphatic carbocycles. The standard InChI is InChI=1S/C15H15NO4S/c1-16(13(14(17)18)12-8-5-9-21-12)15(19)20-10-11-6-3-2-4-7-11/h2-9,13H,10H2,1H3,(H,17,18). The van der Waals surface area contributed by atoms with Crippen LogP contribution in [0.5, 0.6) is 0 Å². The Morgan fingerprint density at radius 1 is 1.24 bits per heavy atom. The van der Waals surface area contributed by atoms with Crippen LogP contribution in [0, 0.1) is 0 Å². The van der Waals surface area contributed by atoms with E-state index in [9.17, 15) is 14.7 Å². The number of hydrogen-bond donors (Lipinski definition) is 1. The van der Waals surface area contributed by atoms with Gasteiger partial charge in [0.1, 0.15) is 6.61 Å². The minimum Gasteiger partial charge on any atom is -0.479 e. The molecule has 21 heavy (non-hydrogen) atoms. The summed E-state index contributed by atoms with van der Waals surface area (Å²) in [6, 6.07) is 11.6. The van der Waals surface area contributed by atoms with E-state index in [4.69, 9.17) is 4.74 Å². The zero-order chi connectivity index (χ0) is 15.2. The number of rotatable bonds is 5. The number of thiophene rings is 1. The third kappa shape index (κ3) is 3.82. The van der Waals surface area contributed by atoms with Crippen molar-refractivity contribution < 1.29 is 19.4 Å². The van der Waals surface area contributed by atoms with E-state index >= 15 is 0 Å². The van der Waals surface area contributed by atoms with E-state index in [0.717, 1.165) is 10.5 Å². The average molecular weight is 305 g/mol. The fourth-order valence-electron chi connectivity index (χ4n) is 1.85. The number of benzene rings is 1. The number of carbonyl (C=O) groups excluding carboxylic acids is 1. The molecule has 1 heterocycles. The van der Waals surface area contributed by atoms with Crippen LogP contribution in [0.15, 0.2) is 47.8 Å². The maximum Gasteiger partial charge on any atom is 0.410 e. The lowest BCUT2D eigenvalue weighted by atomic mass is 10.2. The van der Waals surface area contributed by atoms with E-state index in [0.29, 0.717) is 4.88 Å². The third-order valence-corrected chi connectivity index (χ3v) is 3.85. The molecule has 1 unspecified atom stereocenters. The summed E-state index contributed by atoms with van der Waals surface area (Å²) >= 11 is 1.29. The summed E-state index contributed by atoms with van der Waals surface area (Å²) in [5.74, 6) is -1.09. The Bertz CT molecular complexity index is 597. The molecule has 0 spiro atoms. The van der Waals surface area contributed by atoms with Gasteiger partial charge in [0.2, 0.25) is 0 Å². The van der Waals surface area contributed by atoms with Crippen LogP contribution in [0.25, 0.3) is 0 Å². The third-order valence-electron chi connectivity index (χ3n) is 2.93. The van der Waals surface area contributed by atoms with Crippen LogP contribution in [-0.2, 0) is 16.1 Å². The number of carboxylic acids is 1. The monoisotopic (exact) mass is 305 g/mol. The van der Waals surface area contributed by atoms with Gasteiger partial charge >= 0.3 is 12.1 Å². The number of carbonyl (C=O) groups is 2. The summed E-state index contributed by atoms with van der Waals surface area (Å²) in [7, 11) is 1.42. The molecule has 0 radical (unpaired) electrons. The fourth-order valence-corrected chi connectivity index (χ4v) is 2.71. The lowest BCUT2D eigenvalue weighted by Gasteiger charge is -2.23. The van der Waals surface area contributed by atoms with Crippen LogP contribution in [0.3, 0.4) is 0 Å². The van der Waals surface area contributed by atoms with E-state index in [-0.39, 0.29) is 6.61 Å². The molecule has 2 aromatic rings. The minimum absolute atomic E-state index is 0.112. The van der Waals surface area contributed by atoms with E-state index in [1.54, 1.807) is 17.5 Å². The minimum atomic E-state index is -1.09. The van der Waals surface area contributed by atoms with Gasteiger partial charge in [-0.2, -0.15) is 0 Å². The van der Waals surface area contributed by atoms with Crippen LogP contribution in [0.4, 0.5) is 4.79 Å². The van der Waals surface area contributed by atoms with Gasteiger partial charge in [-0.1, -0.05) is 36.4 Å². The van der Waals surface area contributed by atoms with Crippen molar-refractivity contribution in [1.29, 1.82) is 0 Å². The lowest BCUT2D eigenvalue weighted by molar-refractivity contribution is -0.142. The van der Waals surface area contributed by atoms with Gasteiger partial charge in [-0.3, -0.25) is 4.90 Å². The van der Waals surface area contributed by atoms with Crippen LogP contribution in [0.1, 0.15) is 16.5 Å². The van der Waals surface area contributed by atoms with Gasteiger partial charge in [-0.15, -0.1) is 11.3 Å². The smallest absolute Gasteiger partial charge is 0.410 e. The van der Waals surface area contributed by atoms with Crippen molar-refractivity contribution in [2.45, 2.75) is 12.6 Å². The van der Waals surface area contributed by atoms with Crippen molar-refractivity contribution in [3.8, 4) is 0 Å². The van der Waals surface area contributed by atoms with Crippen LogP contribution < -0.4 is 0 Å². The normalized spacial score (nSPS) is 11.7. The molecule has 0 saturated carbocycles. The SMILES string of the molecule is CN(C(=O)OCc1ccccc1)C(C(=O)O)c1cccs1. The van der Waals surface area contributed by atoms with Gasteiger partial charge in [0.15, 0.2) is 6.04 Å². The molecule has 0 aliphatic rings. The van der Waals surface area contributed by atoms with Gasteiger partial charge in [0.05, 0.1) is 0 Å². The second-order valence-electron chi connectivity index (χ2n) is 4.41. The molecular formula is C15H15NO4S.